The van der Waals surface area contributed by atoms with Gasteiger partial charge >= 0.3 is 0 Å². The van der Waals surface area contributed by atoms with Crippen molar-refractivity contribution in [2.45, 2.75) is 23.5 Å². The van der Waals surface area contributed by atoms with Gasteiger partial charge in [0.1, 0.15) is 11.5 Å². The van der Waals surface area contributed by atoms with Crippen molar-refractivity contribution in [2.24, 2.45) is 0 Å². The molecule has 0 fully saturated rings. The van der Waals surface area contributed by atoms with Crippen molar-refractivity contribution in [3.8, 4) is 11.5 Å². The number of para-hydroxylation sites is 1. The van der Waals surface area contributed by atoms with E-state index in [-0.39, 0.29) is 12.5 Å². The van der Waals surface area contributed by atoms with Gasteiger partial charge < -0.3 is 14.4 Å². The third-order valence-electron chi connectivity index (χ3n) is 4.24. The lowest BCUT2D eigenvalue weighted by atomic mass is 10.2. The Hall–Kier alpha value is -2.47. The number of thioether (sulfide) groups is 1. The number of hydrogen-bond acceptors (Lipinski definition) is 5. The monoisotopic (exact) mass is 371 g/mol. The standard InChI is InChI=1S/C20H21NO4S/c1-14-9-10-21(17-5-3-4-6-19(17)26-14)20(23)13-25-18-8-7-16(24-2)11-15(18)12-22/h3-8,11-12,14H,9-10,13H2,1-2H3/t14-/m1/s1. The number of nitrogens with zero attached hydrogens (tertiary/aromatic N) is 1. The summed E-state index contributed by atoms with van der Waals surface area (Å²) in [6, 6.07) is 12.9. The van der Waals surface area contributed by atoms with E-state index in [1.54, 1.807) is 34.9 Å². The Morgan fingerprint density at radius 1 is 1.31 bits per heavy atom. The first-order valence-electron chi connectivity index (χ1n) is 8.44. The van der Waals surface area contributed by atoms with E-state index in [0.717, 1.165) is 17.0 Å². The Labute approximate surface area is 157 Å². The minimum Gasteiger partial charge on any atom is -0.497 e. The van der Waals surface area contributed by atoms with Crippen molar-refractivity contribution >= 4 is 29.6 Å². The van der Waals surface area contributed by atoms with Crippen molar-refractivity contribution in [1.29, 1.82) is 0 Å². The van der Waals surface area contributed by atoms with E-state index in [1.165, 1.54) is 7.11 Å². The third-order valence-corrected chi connectivity index (χ3v) is 5.48. The van der Waals surface area contributed by atoms with Crippen molar-refractivity contribution in [2.75, 3.05) is 25.2 Å². The Bertz CT molecular complexity index is 808. The Morgan fingerprint density at radius 3 is 2.88 bits per heavy atom. The van der Waals surface area contributed by atoms with Crippen LogP contribution in [0.3, 0.4) is 0 Å². The van der Waals surface area contributed by atoms with Gasteiger partial charge in [0.25, 0.3) is 5.91 Å². The van der Waals surface area contributed by atoms with Crippen LogP contribution in [0.1, 0.15) is 23.7 Å². The van der Waals surface area contributed by atoms with E-state index in [4.69, 9.17) is 9.47 Å². The summed E-state index contributed by atoms with van der Waals surface area (Å²) in [6.07, 6.45) is 1.61. The van der Waals surface area contributed by atoms with E-state index in [2.05, 4.69) is 6.92 Å². The highest BCUT2D eigenvalue weighted by Gasteiger charge is 2.24. The van der Waals surface area contributed by atoms with Gasteiger partial charge in [0.2, 0.25) is 0 Å². The average Bonchev–Trinajstić information content (AvgIpc) is 2.84. The molecule has 0 bridgehead atoms. The lowest BCUT2D eigenvalue weighted by molar-refractivity contribution is -0.120. The van der Waals surface area contributed by atoms with Gasteiger partial charge in [0.05, 0.1) is 18.4 Å². The molecule has 0 saturated heterocycles. The number of carbonyl (C=O) groups excluding carboxylic acids is 2. The molecule has 5 nitrogen and oxygen atoms in total. The van der Waals surface area contributed by atoms with Crippen LogP contribution in [0.25, 0.3) is 0 Å². The summed E-state index contributed by atoms with van der Waals surface area (Å²) >= 11 is 1.78. The average molecular weight is 371 g/mol. The van der Waals surface area contributed by atoms with Crippen molar-refractivity contribution in [3.05, 3.63) is 48.0 Å². The maximum Gasteiger partial charge on any atom is 0.264 e. The Kier molecular flexibility index (Phi) is 5.83. The highest BCUT2D eigenvalue weighted by Crippen LogP contribution is 2.37. The number of rotatable bonds is 5. The van der Waals surface area contributed by atoms with Gasteiger partial charge in [0, 0.05) is 16.7 Å². The van der Waals surface area contributed by atoms with E-state index >= 15 is 0 Å². The minimum atomic E-state index is -0.125. The topological polar surface area (TPSA) is 55.8 Å². The molecular formula is C20H21NO4S. The number of anilines is 1. The summed E-state index contributed by atoms with van der Waals surface area (Å²) in [7, 11) is 1.53. The normalized spacial score (nSPS) is 16.4. The third kappa shape index (κ3) is 4.02. The van der Waals surface area contributed by atoms with E-state index in [0.29, 0.717) is 35.1 Å². The lowest BCUT2D eigenvalue weighted by Crippen LogP contribution is -2.36. The fourth-order valence-electron chi connectivity index (χ4n) is 2.84. The van der Waals surface area contributed by atoms with E-state index in [9.17, 15) is 9.59 Å². The number of amides is 1. The Balaban J connectivity index is 1.75. The molecule has 0 radical (unpaired) electrons. The van der Waals surface area contributed by atoms with Gasteiger partial charge in [-0.1, -0.05) is 19.1 Å². The molecule has 2 aromatic carbocycles. The van der Waals surface area contributed by atoms with Crippen LogP contribution >= 0.6 is 11.8 Å². The molecule has 0 unspecified atom stereocenters. The first-order chi connectivity index (χ1) is 12.6. The first kappa shape index (κ1) is 18.3. The predicted molar refractivity (Wildman–Crippen MR) is 103 cm³/mol. The highest BCUT2D eigenvalue weighted by molar-refractivity contribution is 8.00. The van der Waals surface area contributed by atoms with Crippen LogP contribution in [0, 0.1) is 0 Å². The number of carbonyl (C=O) groups is 2. The zero-order valence-electron chi connectivity index (χ0n) is 14.8. The van der Waals surface area contributed by atoms with Gasteiger partial charge in [-0.15, -0.1) is 11.8 Å². The summed E-state index contributed by atoms with van der Waals surface area (Å²) in [5, 5.41) is 0.443. The second-order valence-electron chi connectivity index (χ2n) is 6.04. The van der Waals surface area contributed by atoms with Crippen molar-refractivity contribution in [1.82, 2.24) is 0 Å². The predicted octanol–water partition coefficient (Wildman–Crippen LogP) is 3.80. The molecule has 1 aliphatic rings. The fourth-order valence-corrected chi connectivity index (χ4v) is 3.95. The quantitative estimate of drug-likeness (QED) is 0.748. The molecule has 6 heteroatoms. The number of ether oxygens (including phenoxy) is 2. The number of fused-ring (bicyclic) bond motifs is 1. The summed E-state index contributed by atoms with van der Waals surface area (Å²) in [4.78, 5) is 26.9. The molecule has 0 aliphatic carbocycles. The molecule has 136 valence electrons. The van der Waals surface area contributed by atoms with Gasteiger partial charge in [-0.3, -0.25) is 9.59 Å². The van der Waals surface area contributed by atoms with Crippen LogP contribution in [0.15, 0.2) is 47.4 Å². The summed E-state index contributed by atoms with van der Waals surface area (Å²) in [5.41, 5.74) is 1.28. The van der Waals surface area contributed by atoms with Crippen molar-refractivity contribution in [3.63, 3.8) is 0 Å². The van der Waals surface area contributed by atoms with Crippen LogP contribution in [0.5, 0.6) is 11.5 Å². The SMILES string of the molecule is COc1ccc(OCC(=O)N2CC[C@@H](C)Sc3ccccc32)c(C=O)c1. The number of hydrogen-bond donors (Lipinski definition) is 0. The minimum absolute atomic E-state index is 0.124. The highest BCUT2D eigenvalue weighted by atomic mass is 32.2. The van der Waals surface area contributed by atoms with Crippen molar-refractivity contribution < 1.29 is 19.1 Å². The molecule has 26 heavy (non-hydrogen) atoms. The first-order valence-corrected chi connectivity index (χ1v) is 9.32. The molecule has 2 aromatic rings. The second-order valence-corrected chi connectivity index (χ2v) is 7.52. The molecule has 0 N–H and O–H groups in total. The number of methoxy groups -OCH3 is 1. The van der Waals surface area contributed by atoms with Crippen LogP contribution in [0.4, 0.5) is 5.69 Å². The largest absolute Gasteiger partial charge is 0.497 e. The molecule has 0 spiro atoms. The second kappa shape index (κ2) is 8.27. The summed E-state index contributed by atoms with van der Waals surface area (Å²) in [6.45, 7) is 2.69. The fraction of sp³-hybridized carbons (Fsp3) is 0.300. The van der Waals surface area contributed by atoms with Crippen LogP contribution in [0.2, 0.25) is 0 Å². The molecule has 0 saturated carbocycles. The smallest absolute Gasteiger partial charge is 0.264 e. The number of aldehydes is 1. The van der Waals surface area contributed by atoms with Crippen LogP contribution < -0.4 is 14.4 Å². The van der Waals surface area contributed by atoms with Crippen LogP contribution in [-0.2, 0) is 4.79 Å². The van der Waals surface area contributed by atoms with E-state index < -0.39 is 0 Å². The summed E-state index contributed by atoms with van der Waals surface area (Å²) in [5.74, 6) is 0.818. The molecule has 0 aromatic heterocycles. The Morgan fingerprint density at radius 2 is 2.12 bits per heavy atom. The van der Waals surface area contributed by atoms with Gasteiger partial charge in [-0.25, -0.2) is 0 Å². The zero-order valence-corrected chi connectivity index (χ0v) is 15.6. The van der Waals surface area contributed by atoms with Crippen LogP contribution in [-0.4, -0.2) is 37.7 Å². The van der Waals surface area contributed by atoms with E-state index in [1.807, 2.05) is 24.3 Å². The van der Waals surface area contributed by atoms with Gasteiger partial charge in [-0.05, 0) is 36.8 Å². The maximum atomic E-state index is 12.8. The molecule has 1 aliphatic heterocycles. The maximum absolute atomic E-state index is 12.8. The molecule has 1 amide bonds. The van der Waals surface area contributed by atoms with Gasteiger partial charge in [-0.2, -0.15) is 0 Å². The number of benzene rings is 2. The lowest BCUT2D eigenvalue weighted by Gasteiger charge is -2.22. The zero-order chi connectivity index (χ0) is 18.5. The molecule has 1 atom stereocenters. The molecular weight excluding hydrogens is 350 g/mol. The molecule has 3 rings (SSSR count). The molecule has 1 heterocycles. The van der Waals surface area contributed by atoms with Gasteiger partial charge in [0.15, 0.2) is 12.9 Å². The summed E-state index contributed by atoms with van der Waals surface area (Å²) < 4.78 is 10.7.